The normalized spacial score (nSPS) is 12.4. The van der Waals surface area contributed by atoms with Crippen molar-refractivity contribution in [2.45, 2.75) is 92.4 Å². The van der Waals surface area contributed by atoms with Gasteiger partial charge in [0.05, 0.1) is 0 Å². The molecular formula is C22H38N2. The van der Waals surface area contributed by atoms with Crippen LogP contribution in [0.3, 0.4) is 0 Å². The van der Waals surface area contributed by atoms with Crippen molar-refractivity contribution in [3.8, 4) is 0 Å². The van der Waals surface area contributed by atoms with Crippen molar-refractivity contribution in [3.63, 3.8) is 0 Å². The lowest BCUT2D eigenvalue weighted by Gasteiger charge is -2.20. The predicted octanol–water partition coefficient (Wildman–Crippen LogP) is 6.55. The van der Waals surface area contributed by atoms with E-state index in [1.807, 2.05) is 12.4 Å². The fourth-order valence-electron chi connectivity index (χ4n) is 3.27. The summed E-state index contributed by atoms with van der Waals surface area (Å²) in [5, 5.41) is 0. The first-order chi connectivity index (χ1) is 11.6. The number of allylic oxidation sites excluding steroid dienone is 2. The third-order valence-corrected chi connectivity index (χ3v) is 4.61. The molecule has 0 aliphatic rings. The molecule has 2 nitrogen and oxygen atoms in total. The van der Waals surface area contributed by atoms with Crippen molar-refractivity contribution in [2.75, 3.05) is 0 Å². The van der Waals surface area contributed by atoms with E-state index in [4.69, 9.17) is 0 Å². The minimum absolute atomic E-state index is 0.700. The molecule has 0 fully saturated rings. The van der Waals surface area contributed by atoms with Gasteiger partial charge in [0.25, 0.3) is 0 Å². The van der Waals surface area contributed by atoms with Crippen molar-refractivity contribution >= 4 is 0 Å². The van der Waals surface area contributed by atoms with E-state index in [0.29, 0.717) is 5.92 Å². The molecule has 2 heteroatoms. The van der Waals surface area contributed by atoms with Gasteiger partial charge in [-0.25, -0.2) is 9.97 Å². The van der Waals surface area contributed by atoms with E-state index in [-0.39, 0.29) is 0 Å². The summed E-state index contributed by atoms with van der Waals surface area (Å²) in [6.45, 7) is 11.4. The van der Waals surface area contributed by atoms with Crippen LogP contribution in [0.25, 0.3) is 0 Å². The number of rotatable bonds is 12. The maximum absolute atomic E-state index is 4.63. The molecule has 0 aromatic carbocycles. The topological polar surface area (TPSA) is 25.8 Å². The lowest BCUT2D eigenvalue weighted by Crippen LogP contribution is -2.09. The molecule has 0 bridgehead atoms. The van der Waals surface area contributed by atoms with Crippen molar-refractivity contribution in [1.82, 2.24) is 9.97 Å². The summed E-state index contributed by atoms with van der Waals surface area (Å²) in [5.74, 6) is 2.46. The van der Waals surface area contributed by atoms with Crippen LogP contribution in [0.1, 0.15) is 91.0 Å². The maximum Gasteiger partial charge on any atom is 0.132 e. The standard InChI is InChI=1S/C22H38N2/c1-6-10-19-16-23-22(24-17-19)15-21(14-9-13-18(4)5)20(11-7-2)12-8-3/h14,16-18,20H,6-13,15H2,1-5H3/b21-14-. The SMILES string of the molecule is CCCc1cnc(C/C(=C/CCC(C)C)C(CCC)CCC)nc1. The van der Waals surface area contributed by atoms with Crippen LogP contribution >= 0.6 is 0 Å². The Kier molecular flexibility index (Phi) is 10.6. The molecule has 0 atom stereocenters. The number of aryl methyl sites for hydroxylation is 1. The van der Waals surface area contributed by atoms with Crippen molar-refractivity contribution < 1.29 is 0 Å². The molecule has 136 valence electrons. The Balaban J connectivity index is 2.85. The molecule has 0 spiro atoms. The van der Waals surface area contributed by atoms with Gasteiger partial charge < -0.3 is 0 Å². The van der Waals surface area contributed by atoms with E-state index in [0.717, 1.165) is 31.0 Å². The molecule has 1 aromatic heterocycles. The first kappa shape index (κ1) is 20.9. The van der Waals surface area contributed by atoms with Crippen LogP contribution in [-0.2, 0) is 12.8 Å². The molecule has 0 saturated carbocycles. The molecule has 0 unspecified atom stereocenters. The monoisotopic (exact) mass is 330 g/mol. The molecule has 0 aliphatic heterocycles. The summed E-state index contributed by atoms with van der Waals surface area (Å²) < 4.78 is 0. The molecule has 0 aliphatic carbocycles. The van der Waals surface area contributed by atoms with Crippen LogP contribution in [0.15, 0.2) is 24.0 Å². The smallest absolute Gasteiger partial charge is 0.132 e. The van der Waals surface area contributed by atoms with Gasteiger partial charge in [-0.2, -0.15) is 0 Å². The largest absolute Gasteiger partial charge is 0.241 e. The van der Waals surface area contributed by atoms with Crippen molar-refractivity contribution in [1.29, 1.82) is 0 Å². The lowest BCUT2D eigenvalue weighted by atomic mass is 9.87. The Hall–Kier alpha value is -1.18. The van der Waals surface area contributed by atoms with Crippen LogP contribution in [0.4, 0.5) is 0 Å². The summed E-state index contributed by atoms with van der Waals surface area (Å²) in [5.41, 5.74) is 2.83. The van der Waals surface area contributed by atoms with Crippen molar-refractivity contribution in [2.24, 2.45) is 11.8 Å². The molecule has 0 radical (unpaired) electrons. The first-order valence-electron chi connectivity index (χ1n) is 10.1. The Morgan fingerprint density at radius 3 is 2.08 bits per heavy atom. The van der Waals surface area contributed by atoms with E-state index in [2.05, 4.69) is 50.7 Å². The summed E-state index contributed by atoms with van der Waals surface area (Å²) in [6, 6.07) is 0. The molecule has 1 rings (SSSR count). The minimum atomic E-state index is 0.700. The quantitative estimate of drug-likeness (QED) is 0.406. The third-order valence-electron chi connectivity index (χ3n) is 4.61. The van der Waals surface area contributed by atoms with Gasteiger partial charge >= 0.3 is 0 Å². The highest BCUT2D eigenvalue weighted by Gasteiger charge is 2.14. The van der Waals surface area contributed by atoms with Gasteiger partial charge in [-0.1, -0.05) is 65.5 Å². The zero-order valence-electron chi connectivity index (χ0n) is 16.6. The number of aromatic nitrogens is 2. The second kappa shape index (κ2) is 12.2. The maximum atomic E-state index is 4.63. The Bertz CT molecular complexity index is 453. The van der Waals surface area contributed by atoms with Crippen LogP contribution in [0.2, 0.25) is 0 Å². The zero-order chi connectivity index (χ0) is 17.8. The third kappa shape index (κ3) is 8.08. The highest BCUT2D eigenvalue weighted by atomic mass is 14.9. The number of nitrogens with zero attached hydrogens (tertiary/aromatic N) is 2. The van der Waals surface area contributed by atoms with Gasteiger partial charge in [0.2, 0.25) is 0 Å². The Morgan fingerprint density at radius 2 is 1.58 bits per heavy atom. The van der Waals surface area contributed by atoms with Gasteiger partial charge in [-0.05, 0) is 49.5 Å². The molecule has 0 amide bonds. The highest BCUT2D eigenvalue weighted by Crippen LogP contribution is 2.26. The lowest BCUT2D eigenvalue weighted by molar-refractivity contribution is 0.489. The Morgan fingerprint density at radius 1 is 0.958 bits per heavy atom. The van der Waals surface area contributed by atoms with Gasteiger partial charge in [0, 0.05) is 18.8 Å². The van der Waals surface area contributed by atoms with E-state index in [9.17, 15) is 0 Å². The summed E-state index contributed by atoms with van der Waals surface area (Å²) in [6.07, 6.45) is 17.2. The summed E-state index contributed by atoms with van der Waals surface area (Å²) in [7, 11) is 0. The fourth-order valence-corrected chi connectivity index (χ4v) is 3.27. The van der Waals surface area contributed by atoms with Crippen LogP contribution in [0, 0.1) is 11.8 Å². The molecular weight excluding hydrogens is 292 g/mol. The van der Waals surface area contributed by atoms with Crippen LogP contribution in [0.5, 0.6) is 0 Å². The fraction of sp³-hybridized carbons (Fsp3) is 0.727. The number of hydrogen-bond acceptors (Lipinski definition) is 2. The molecule has 0 saturated heterocycles. The average molecular weight is 331 g/mol. The second-order valence-corrected chi connectivity index (χ2v) is 7.46. The van der Waals surface area contributed by atoms with Crippen LogP contribution < -0.4 is 0 Å². The Labute approximate surface area is 150 Å². The molecule has 0 N–H and O–H groups in total. The van der Waals surface area contributed by atoms with Gasteiger partial charge in [-0.15, -0.1) is 0 Å². The minimum Gasteiger partial charge on any atom is -0.241 e. The summed E-state index contributed by atoms with van der Waals surface area (Å²) >= 11 is 0. The molecule has 24 heavy (non-hydrogen) atoms. The van der Waals surface area contributed by atoms with E-state index in [1.54, 1.807) is 5.57 Å². The van der Waals surface area contributed by atoms with Gasteiger partial charge in [0.1, 0.15) is 5.82 Å². The molecule has 1 heterocycles. The van der Waals surface area contributed by atoms with Gasteiger partial charge in [-0.3, -0.25) is 0 Å². The van der Waals surface area contributed by atoms with E-state index < -0.39 is 0 Å². The highest BCUT2D eigenvalue weighted by molar-refractivity contribution is 5.15. The summed E-state index contributed by atoms with van der Waals surface area (Å²) in [4.78, 5) is 9.26. The van der Waals surface area contributed by atoms with E-state index >= 15 is 0 Å². The second-order valence-electron chi connectivity index (χ2n) is 7.46. The van der Waals surface area contributed by atoms with Gasteiger partial charge in [0.15, 0.2) is 0 Å². The zero-order valence-corrected chi connectivity index (χ0v) is 16.6. The average Bonchev–Trinajstić information content (AvgIpc) is 2.55. The van der Waals surface area contributed by atoms with Crippen molar-refractivity contribution in [3.05, 3.63) is 35.4 Å². The van der Waals surface area contributed by atoms with Crippen LogP contribution in [-0.4, -0.2) is 9.97 Å². The first-order valence-corrected chi connectivity index (χ1v) is 10.1. The predicted molar refractivity (Wildman–Crippen MR) is 105 cm³/mol. The molecule has 1 aromatic rings. The van der Waals surface area contributed by atoms with E-state index in [1.165, 1.54) is 44.1 Å². The number of hydrogen-bond donors (Lipinski definition) is 0.